The van der Waals surface area contributed by atoms with Crippen LogP contribution in [0.1, 0.15) is 106 Å². The number of carbonyl (C=O) groups is 1. The maximum atomic E-state index is 12.7. The normalized spacial score (nSPS) is 46.1. The molecule has 6 nitrogen and oxygen atoms in total. The number of aliphatic hydroxyl groups excluding tert-OH is 1. The van der Waals surface area contributed by atoms with Gasteiger partial charge in [-0.2, -0.15) is 0 Å². The first-order valence-corrected chi connectivity index (χ1v) is 17.7. The van der Waals surface area contributed by atoms with Crippen molar-refractivity contribution in [3.8, 4) is 12.8 Å². The topological polar surface area (TPSA) is 71.0 Å². The SMILES string of the molecule is C#C.CNCCCCC1[C@H](O)CC2[C@@H]3CCC4C(C)(C)[C@@H](OC5CN(C(=O)C(C)C)CCO5)CC[C@@]45C(C)[C@@]35CC[C@]12C. The second kappa shape index (κ2) is 12.2. The molecule has 1 heterocycles. The first-order chi connectivity index (χ1) is 20.4. The zero-order valence-corrected chi connectivity index (χ0v) is 28.4. The molecule has 6 rings (SSSR count). The summed E-state index contributed by atoms with van der Waals surface area (Å²) in [4.78, 5) is 14.6. The maximum absolute atomic E-state index is 12.7. The molecule has 43 heavy (non-hydrogen) atoms. The zero-order chi connectivity index (χ0) is 31.4. The molecule has 2 N–H and O–H groups in total. The van der Waals surface area contributed by atoms with Crippen LogP contribution in [0.25, 0.3) is 0 Å². The Morgan fingerprint density at radius 3 is 2.51 bits per heavy atom. The average molecular weight is 599 g/mol. The van der Waals surface area contributed by atoms with E-state index in [0.29, 0.717) is 53.7 Å². The molecule has 0 bridgehead atoms. The Hall–Kier alpha value is -1.13. The summed E-state index contributed by atoms with van der Waals surface area (Å²) in [7, 11) is 2.04. The van der Waals surface area contributed by atoms with Crippen LogP contribution < -0.4 is 5.32 Å². The zero-order valence-electron chi connectivity index (χ0n) is 28.4. The van der Waals surface area contributed by atoms with Crippen molar-refractivity contribution < 1.29 is 19.4 Å². The monoisotopic (exact) mass is 598 g/mol. The highest BCUT2D eigenvalue weighted by Crippen LogP contribution is 2.89. The number of hydrogen-bond donors (Lipinski definition) is 2. The Morgan fingerprint density at radius 1 is 1.07 bits per heavy atom. The smallest absolute Gasteiger partial charge is 0.225 e. The first-order valence-electron chi connectivity index (χ1n) is 17.7. The molecule has 6 heteroatoms. The van der Waals surface area contributed by atoms with Gasteiger partial charge in [0.05, 0.1) is 25.4 Å². The highest BCUT2D eigenvalue weighted by molar-refractivity contribution is 5.78. The second-order valence-corrected chi connectivity index (χ2v) is 16.4. The van der Waals surface area contributed by atoms with Crippen molar-refractivity contribution in [1.29, 1.82) is 0 Å². The van der Waals surface area contributed by atoms with E-state index in [1.54, 1.807) is 0 Å². The molecule has 0 aromatic carbocycles. The lowest BCUT2D eigenvalue weighted by molar-refractivity contribution is -0.245. The van der Waals surface area contributed by atoms with Crippen LogP contribution in [0, 0.1) is 70.0 Å². The number of morpholine rings is 1. The van der Waals surface area contributed by atoms with Crippen LogP contribution in [0.5, 0.6) is 0 Å². The molecule has 0 aromatic heterocycles. The van der Waals surface area contributed by atoms with Crippen LogP contribution in [0.4, 0.5) is 0 Å². The van der Waals surface area contributed by atoms with Crippen LogP contribution in [0.2, 0.25) is 0 Å². The first kappa shape index (κ1) is 33.2. The van der Waals surface area contributed by atoms with E-state index in [0.717, 1.165) is 31.2 Å². The number of nitrogens with zero attached hydrogens (tertiary/aromatic N) is 1. The number of amides is 1. The standard InChI is InChI=1S/C35H60N2O4.C2H2/c1-22(2)31(39)37-18-19-40-30(21-37)41-29-13-14-35-23(3)34(35)16-15-33(6)25(10-8-9-17-36-7)27(38)20-26(33)24(34)11-12-28(35)32(29,4)5;1-2/h22-30,36,38H,8-21H2,1-7H3;1-2H/t23?,24-,25?,26?,27+,28?,29-,30?,33+,34-,35+;/m0./s1. The number of ether oxygens (including phenoxy) is 2. The van der Waals surface area contributed by atoms with Crippen molar-refractivity contribution in [3.05, 3.63) is 0 Å². The van der Waals surface area contributed by atoms with Crippen LogP contribution in [-0.2, 0) is 14.3 Å². The van der Waals surface area contributed by atoms with E-state index in [-0.39, 0.29) is 35.7 Å². The fraction of sp³-hybridized carbons (Fsp3) is 0.919. The fourth-order valence-corrected chi connectivity index (χ4v) is 12.6. The molecule has 5 aliphatic carbocycles. The summed E-state index contributed by atoms with van der Waals surface area (Å²) in [6, 6.07) is 0. The summed E-state index contributed by atoms with van der Waals surface area (Å²) < 4.78 is 12.9. The number of aliphatic hydroxyl groups is 1. The van der Waals surface area contributed by atoms with Gasteiger partial charge in [0.1, 0.15) is 0 Å². The minimum atomic E-state index is -0.313. The van der Waals surface area contributed by atoms with Gasteiger partial charge in [-0.05, 0) is 123 Å². The lowest BCUT2D eigenvalue weighted by Crippen LogP contribution is -2.56. The number of hydrogen-bond acceptors (Lipinski definition) is 5. The Labute approximate surface area is 262 Å². The molecule has 0 aromatic rings. The molecule has 244 valence electrons. The fourth-order valence-electron chi connectivity index (χ4n) is 12.6. The number of nitrogens with one attached hydrogen (secondary N) is 1. The van der Waals surface area contributed by atoms with Gasteiger partial charge in [0.15, 0.2) is 6.29 Å². The van der Waals surface area contributed by atoms with Crippen LogP contribution >= 0.6 is 0 Å². The highest BCUT2D eigenvalue weighted by Gasteiger charge is 2.84. The van der Waals surface area contributed by atoms with Crippen molar-refractivity contribution in [3.63, 3.8) is 0 Å². The third-order valence-corrected chi connectivity index (χ3v) is 14.5. The molecule has 1 saturated heterocycles. The number of rotatable bonds is 8. The van der Waals surface area contributed by atoms with Gasteiger partial charge in [0.2, 0.25) is 5.91 Å². The predicted molar refractivity (Wildman–Crippen MR) is 172 cm³/mol. The lowest BCUT2D eigenvalue weighted by atomic mass is 9.46. The van der Waals surface area contributed by atoms with E-state index < -0.39 is 0 Å². The minimum absolute atomic E-state index is 0.00873. The van der Waals surface area contributed by atoms with Gasteiger partial charge in [0.25, 0.3) is 0 Å². The summed E-state index contributed by atoms with van der Waals surface area (Å²) in [5.74, 6) is 3.59. The van der Waals surface area contributed by atoms with E-state index in [1.807, 2.05) is 25.8 Å². The average Bonchev–Trinajstić information content (AvgIpc) is 3.40. The molecule has 6 aliphatic rings. The number of carbonyl (C=O) groups excluding carboxylic acids is 1. The van der Waals surface area contributed by atoms with Crippen molar-refractivity contribution in [1.82, 2.24) is 10.2 Å². The summed E-state index contributed by atoms with van der Waals surface area (Å²) >= 11 is 0. The van der Waals surface area contributed by atoms with E-state index >= 15 is 0 Å². The van der Waals surface area contributed by atoms with Gasteiger partial charge < -0.3 is 24.8 Å². The van der Waals surface area contributed by atoms with Gasteiger partial charge in [-0.25, -0.2) is 0 Å². The van der Waals surface area contributed by atoms with Gasteiger partial charge in [-0.1, -0.05) is 48.0 Å². The minimum Gasteiger partial charge on any atom is -0.393 e. The summed E-state index contributed by atoms with van der Waals surface area (Å²) in [5, 5.41) is 14.7. The molecule has 1 amide bonds. The Bertz CT molecular complexity index is 1030. The molecule has 5 unspecified atom stereocenters. The van der Waals surface area contributed by atoms with Crippen molar-refractivity contribution in [2.45, 2.75) is 124 Å². The summed E-state index contributed by atoms with van der Waals surface area (Å²) in [6.07, 6.45) is 20.1. The van der Waals surface area contributed by atoms with Gasteiger partial charge >= 0.3 is 0 Å². The second-order valence-electron chi connectivity index (χ2n) is 16.4. The van der Waals surface area contributed by atoms with Crippen molar-refractivity contribution in [2.24, 2.45) is 57.2 Å². The molecule has 1 aliphatic heterocycles. The number of fused-ring (bicyclic) bond motifs is 2. The number of unbranched alkanes of at least 4 members (excludes halogenated alkanes) is 1. The molecular formula is C37H62N2O4. The van der Waals surface area contributed by atoms with E-state index in [4.69, 9.17) is 9.47 Å². The maximum Gasteiger partial charge on any atom is 0.225 e. The van der Waals surface area contributed by atoms with Crippen LogP contribution in [0.15, 0.2) is 0 Å². The van der Waals surface area contributed by atoms with Crippen LogP contribution in [-0.4, -0.2) is 67.7 Å². The van der Waals surface area contributed by atoms with E-state index in [1.165, 1.54) is 51.4 Å². The van der Waals surface area contributed by atoms with Gasteiger partial charge in [0, 0.05) is 12.5 Å². The third-order valence-electron chi connectivity index (χ3n) is 14.5. The Balaban J connectivity index is 0.00000180. The molecular weight excluding hydrogens is 536 g/mol. The number of terminal acetylenes is 1. The molecule has 11 atom stereocenters. The molecule has 5 saturated carbocycles. The lowest BCUT2D eigenvalue weighted by Gasteiger charge is -2.59. The Kier molecular flexibility index (Phi) is 9.46. The molecule has 0 radical (unpaired) electrons. The van der Waals surface area contributed by atoms with Crippen molar-refractivity contribution in [2.75, 3.05) is 33.3 Å². The quantitative estimate of drug-likeness (QED) is 0.260. The molecule has 6 fully saturated rings. The summed E-state index contributed by atoms with van der Waals surface area (Å²) in [6.45, 7) is 17.0. The summed E-state index contributed by atoms with van der Waals surface area (Å²) in [5.41, 5.74) is 1.29. The van der Waals surface area contributed by atoms with Gasteiger partial charge in [-0.3, -0.25) is 4.79 Å². The third kappa shape index (κ3) is 4.93. The van der Waals surface area contributed by atoms with E-state index in [9.17, 15) is 9.90 Å². The predicted octanol–water partition coefficient (Wildman–Crippen LogP) is 6.12. The van der Waals surface area contributed by atoms with E-state index in [2.05, 4.69) is 45.9 Å². The van der Waals surface area contributed by atoms with Gasteiger partial charge in [-0.15, -0.1) is 12.8 Å². The van der Waals surface area contributed by atoms with Crippen molar-refractivity contribution >= 4 is 5.91 Å². The molecule has 2 spiro atoms. The van der Waals surface area contributed by atoms with Crippen LogP contribution in [0.3, 0.4) is 0 Å². The largest absolute Gasteiger partial charge is 0.393 e. The highest BCUT2D eigenvalue weighted by atomic mass is 16.7. The Morgan fingerprint density at radius 2 is 1.81 bits per heavy atom.